The third kappa shape index (κ3) is 6.67. The van der Waals surface area contributed by atoms with E-state index in [0.717, 1.165) is 30.6 Å². The Morgan fingerprint density at radius 3 is 2.26 bits per heavy atom. The third-order valence-electron chi connectivity index (χ3n) is 5.39. The van der Waals surface area contributed by atoms with Crippen molar-refractivity contribution >= 4 is 5.96 Å². The first-order valence-corrected chi connectivity index (χ1v) is 10.8. The van der Waals surface area contributed by atoms with E-state index in [0.29, 0.717) is 13.1 Å². The lowest BCUT2D eigenvalue weighted by Crippen LogP contribution is -2.38. The molecule has 31 heavy (non-hydrogen) atoms. The second-order valence-electron chi connectivity index (χ2n) is 8.85. The Morgan fingerprint density at radius 1 is 0.935 bits per heavy atom. The third-order valence-corrected chi connectivity index (χ3v) is 5.39. The standard InChI is InChI=1S/C25H34N6/c1-19-29-30-23(31(19)5)18-28-24(27-17-21-9-7-6-8-10-21)26-16-15-20-11-13-22(14-12-20)25(2,3)4/h6-14H,15-18H2,1-5H3,(H2,26,27,28). The average Bonchev–Trinajstić information content (AvgIpc) is 3.08. The topological polar surface area (TPSA) is 67.1 Å². The first-order chi connectivity index (χ1) is 14.8. The van der Waals surface area contributed by atoms with E-state index in [1.165, 1.54) is 16.7 Å². The Hall–Kier alpha value is -3.15. The minimum atomic E-state index is 0.177. The fraction of sp³-hybridized carbons (Fsp3) is 0.400. The van der Waals surface area contributed by atoms with Gasteiger partial charge in [-0.25, -0.2) is 4.99 Å². The van der Waals surface area contributed by atoms with E-state index in [1.807, 2.05) is 36.7 Å². The molecule has 1 heterocycles. The number of hydrogen-bond donors (Lipinski definition) is 2. The molecule has 0 unspecified atom stereocenters. The van der Waals surface area contributed by atoms with E-state index in [-0.39, 0.29) is 5.41 Å². The Labute approximate surface area is 185 Å². The van der Waals surface area contributed by atoms with Gasteiger partial charge in [0.1, 0.15) is 5.82 Å². The number of aryl methyl sites for hydroxylation is 1. The van der Waals surface area contributed by atoms with E-state index in [4.69, 9.17) is 4.99 Å². The molecular formula is C25H34N6. The normalized spacial score (nSPS) is 12.1. The summed E-state index contributed by atoms with van der Waals surface area (Å²) in [6.45, 7) is 10.7. The number of nitrogens with one attached hydrogen (secondary N) is 2. The lowest BCUT2D eigenvalue weighted by Gasteiger charge is -2.19. The molecule has 0 aliphatic heterocycles. The van der Waals surface area contributed by atoms with Crippen LogP contribution in [-0.4, -0.2) is 27.3 Å². The van der Waals surface area contributed by atoms with Gasteiger partial charge in [-0.3, -0.25) is 0 Å². The maximum atomic E-state index is 4.76. The van der Waals surface area contributed by atoms with Crippen LogP contribution in [0.1, 0.15) is 49.1 Å². The zero-order chi connectivity index (χ0) is 22.3. The van der Waals surface area contributed by atoms with Gasteiger partial charge in [0.2, 0.25) is 0 Å². The van der Waals surface area contributed by atoms with Crippen molar-refractivity contribution in [1.82, 2.24) is 25.4 Å². The Balaban J connectivity index is 1.60. The molecule has 0 saturated heterocycles. The van der Waals surface area contributed by atoms with Crippen LogP contribution in [0.3, 0.4) is 0 Å². The van der Waals surface area contributed by atoms with Gasteiger partial charge in [0.15, 0.2) is 11.8 Å². The van der Waals surface area contributed by atoms with Crippen molar-refractivity contribution in [2.45, 2.75) is 52.6 Å². The quantitative estimate of drug-likeness (QED) is 0.451. The van der Waals surface area contributed by atoms with Crippen molar-refractivity contribution in [2.24, 2.45) is 12.0 Å². The summed E-state index contributed by atoms with van der Waals surface area (Å²) >= 11 is 0. The van der Waals surface area contributed by atoms with Gasteiger partial charge in [0, 0.05) is 13.6 Å². The second-order valence-corrected chi connectivity index (χ2v) is 8.85. The van der Waals surface area contributed by atoms with Crippen molar-refractivity contribution < 1.29 is 0 Å². The highest BCUT2D eigenvalue weighted by Gasteiger charge is 2.12. The highest BCUT2D eigenvalue weighted by atomic mass is 15.3. The van der Waals surface area contributed by atoms with Gasteiger partial charge >= 0.3 is 0 Å². The van der Waals surface area contributed by atoms with Crippen LogP contribution in [0.5, 0.6) is 0 Å². The number of nitrogens with zero attached hydrogens (tertiary/aromatic N) is 4. The first-order valence-electron chi connectivity index (χ1n) is 10.8. The molecule has 0 saturated carbocycles. The Morgan fingerprint density at radius 2 is 1.65 bits per heavy atom. The second kappa shape index (κ2) is 10.2. The number of hydrogen-bond acceptors (Lipinski definition) is 3. The van der Waals surface area contributed by atoms with Gasteiger partial charge in [-0.05, 0) is 35.4 Å². The number of aromatic nitrogens is 3. The molecular weight excluding hydrogens is 384 g/mol. The molecule has 3 aromatic rings. The monoisotopic (exact) mass is 418 g/mol. The maximum absolute atomic E-state index is 4.76. The summed E-state index contributed by atoms with van der Waals surface area (Å²) in [5.41, 5.74) is 4.02. The fourth-order valence-electron chi connectivity index (χ4n) is 3.19. The molecule has 164 valence electrons. The van der Waals surface area contributed by atoms with Crippen LogP contribution in [0.4, 0.5) is 0 Å². The van der Waals surface area contributed by atoms with Crippen LogP contribution >= 0.6 is 0 Å². The lowest BCUT2D eigenvalue weighted by atomic mass is 9.86. The summed E-state index contributed by atoms with van der Waals surface area (Å²) in [6, 6.07) is 19.2. The number of rotatable bonds is 7. The molecule has 0 radical (unpaired) electrons. The summed E-state index contributed by atoms with van der Waals surface area (Å²) in [7, 11) is 1.97. The molecule has 1 aromatic heterocycles. The predicted octanol–water partition coefficient (Wildman–Crippen LogP) is 3.90. The fourth-order valence-corrected chi connectivity index (χ4v) is 3.19. The van der Waals surface area contributed by atoms with Gasteiger partial charge in [-0.2, -0.15) is 0 Å². The molecule has 0 bridgehead atoms. The zero-order valence-electron chi connectivity index (χ0n) is 19.3. The summed E-state index contributed by atoms with van der Waals surface area (Å²) in [5.74, 6) is 2.55. The molecule has 0 aliphatic carbocycles. The minimum absolute atomic E-state index is 0.177. The van der Waals surface area contributed by atoms with Crippen LogP contribution in [-0.2, 0) is 32.0 Å². The molecule has 2 aromatic carbocycles. The van der Waals surface area contributed by atoms with Gasteiger partial charge in [0.25, 0.3) is 0 Å². The van der Waals surface area contributed by atoms with Gasteiger partial charge in [-0.15, -0.1) is 10.2 Å². The van der Waals surface area contributed by atoms with Gasteiger partial charge in [0.05, 0.1) is 13.1 Å². The van der Waals surface area contributed by atoms with Crippen LogP contribution in [0, 0.1) is 6.92 Å². The zero-order valence-corrected chi connectivity index (χ0v) is 19.3. The number of aliphatic imine (C=N–C) groups is 1. The van der Waals surface area contributed by atoms with Gasteiger partial charge in [-0.1, -0.05) is 75.4 Å². The average molecular weight is 419 g/mol. The van der Waals surface area contributed by atoms with Crippen molar-refractivity contribution in [3.05, 3.63) is 82.9 Å². The van der Waals surface area contributed by atoms with E-state index >= 15 is 0 Å². The van der Waals surface area contributed by atoms with Crippen molar-refractivity contribution in [3.8, 4) is 0 Å². The smallest absolute Gasteiger partial charge is 0.191 e. The largest absolute Gasteiger partial charge is 0.356 e. The summed E-state index contributed by atoms with van der Waals surface area (Å²) < 4.78 is 1.98. The molecule has 0 atom stereocenters. The molecule has 6 heteroatoms. The summed E-state index contributed by atoms with van der Waals surface area (Å²) in [4.78, 5) is 4.76. The SMILES string of the molecule is Cc1nnc(CNC(=NCc2ccccc2)NCCc2ccc(C(C)(C)C)cc2)n1C. The predicted molar refractivity (Wildman–Crippen MR) is 127 cm³/mol. The van der Waals surface area contributed by atoms with Crippen LogP contribution in [0.25, 0.3) is 0 Å². The highest BCUT2D eigenvalue weighted by Crippen LogP contribution is 2.22. The number of benzene rings is 2. The molecule has 0 spiro atoms. The Kier molecular flexibility index (Phi) is 7.45. The molecule has 0 fully saturated rings. The van der Waals surface area contributed by atoms with Gasteiger partial charge < -0.3 is 15.2 Å². The van der Waals surface area contributed by atoms with Crippen LogP contribution < -0.4 is 10.6 Å². The molecule has 6 nitrogen and oxygen atoms in total. The van der Waals surface area contributed by atoms with E-state index < -0.39 is 0 Å². The molecule has 3 rings (SSSR count). The molecule has 0 amide bonds. The lowest BCUT2D eigenvalue weighted by molar-refractivity contribution is 0.590. The molecule has 0 aliphatic rings. The number of guanidine groups is 1. The van der Waals surface area contributed by atoms with Crippen LogP contribution in [0.2, 0.25) is 0 Å². The highest BCUT2D eigenvalue weighted by molar-refractivity contribution is 5.79. The van der Waals surface area contributed by atoms with Crippen molar-refractivity contribution in [2.75, 3.05) is 6.54 Å². The maximum Gasteiger partial charge on any atom is 0.191 e. The van der Waals surface area contributed by atoms with E-state index in [1.54, 1.807) is 0 Å². The van der Waals surface area contributed by atoms with Crippen LogP contribution in [0.15, 0.2) is 59.6 Å². The van der Waals surface area contributed by atoms with Crippen molar-refractivity contribution in [3.63, 3.8) is 0 Å². The van der Waals surface area contributed by atoms with E-state index in [2.05, 4.69) is 78.0 Å². The summed E-state index contributed by atoms with van der Waals surface area (Å²) in [6.07, 6.45) is 0.930. The molecule has 2 N–H and O–H groups in total. The first kappa shape index (κ1) is 22.5. The van der Waals surface area contributed by atoms with E-state index in [9.17, 15) is 0 Å². The van der Waals surface area contributed by atoms with Crippen molar-refractivity contribution in [1.29, 1.82) is 0 Å². The Bertz CT molecular complexity index is 981. The summed E-state index contributed by atoms with van der Waals surface area (Å²) in [5, 5.41) is 15.2. The minimum Gasteiger partial charge on any atom is -0.356 e.